The van der Waals surface area contributed by atoms with Crippen molar-refractivity contribution in [2.75, 3.05) is 17.2 Å². The van der Waals surface area contributed by atoms with Crippen molar-refractivity contribution in [2.24, 2.45) is 0 Å². The summed E-state index contributed by atoms with van der Waals surface area (Å²) < 4.78 is 13.9. The van der Waals surface area contributed by atoms with Crippen LogP contribution < -0.4 is 10.6 Å². The van der Waals surface area contributed by atoms with E-state index >= 15 is 0 Å². The predicted molar refractivity (Wildman–Crippen MR) is 119 cm³/mol. The standard InChI is InChI=1S/C20H20N6O6S/c27-7-13-15(28)16(29)17(30)18(32-13)19-22-9-5-4-8(6-12(9)23-19)21-20(31)24-10-2-1-3-11-14(10)26-33-25-11/h1-6,13,15-18,27-30H,7H2,(H,22,23)(H2,21,24,31)/t13-,15-,16+,17-,18-/m1/s1. The average Bonchev–Trinajstić information content (AvgIpc) is 3.45. The summed E-state index contributed by atoms with van der Waals surface area (Å²) in [6.07, 6.45) is -6.53. The van der Waals surface area contributed by atoms with E-state index in [1.807, 2.05) is 0 Å². The van der Waals surface area contributed by atoms with Crippen LogP contribution in [0.15, 0.2) is 36.4 Å². The quantitative estimate of drug-likeness (QED) is 0.225. The third kappa shape index (κ3) is 4.01. The number of urea groups is 1. The number of imidazole rings is 1. The number of hydrogen-bond acceptors (Lipinski definition) is 10. The molecule has 1 saturated heterocycles. The number of H-pyrrole nitrogens is 1. The van der Waals surface area contributed by atoms with E-state index in [-0.39, 0.29) is 5.82 Å². The fraction of sp³-hybridized carbons (Fsp3) is 0.300. The molecule has 1 fully saturated rings. The van der Waals surface area contributed by atoms with Crippen molar-refractivity contribution in [1.82, 2.24) is 18.7 Å². The number of aliphatic hydroxyl groups excluding tert-OH is 4. The number of amides is 2. The number of fused-ring (bicyclic) bond motifs is 2. The second-order valence-corrected chi connectivity index (χ2v) is 8.15. The first-order valence-corrected chi connectivity index (χ1v) is 10.8. The number of aromatic amines is 1. The van der Waals surface area contributed by atoms with E-state index in [0.717, 1.165) is 11.7 Å². The number of aliphatic hydroxyl groups is 4. The summed E-state index contributed by atoms with van der Waals surface area (Å²) >= 11 is 1.06. The van der Waals surface area contributed by atoms with E-state index in [4.69, 9.17) is 4.74 Å². The van der Waals surface area contributed by atoms with Crippen LogP contribution in [0.25, 0.3) is 22.1 Å². The van der Waals surface area contributed by atoms with Gasteiger partial charge in [-0.1, -0.05) is 6.07 Å². The van der Waals surface area contributed by atoms with Gasteiger partial charge in [-0.3, -0.25) is 0 Å². The summed E-state index contributed by atoms with van der Waals surface area (Å²) in [4.78, 5) is 19.9. The predicted octanol–water partition coefficient (Wildman–Crippen LogP) is 0.726. The van der Waals surface area contributed by atoms with Crippen LogP contribution in [0.1, 0.15) is 11.9 Å². The van der Waals surface area contributed by atoms with Crippen molar-refractivity contribution in [3.05, 3.63) is 42.2 Å². The number of nitrogens with zero attached hydrogens (tertiary/aromatic N) is 3. The monoisotopic (exact) mass is 472 g/mol. The summed E-state index contributed by atoms with van der Waals surface area (Å²) in [5, 5.41) is 45.2. The van der Waals surface area contributed by atoms with Gasteiger partial charge < -0.3 is 40.8 Å². The molecule has 3 heterocycles. The average molecular weight is 472 g/mol. The molecule has 5 atom stereocenters. The van der Waals surface area contributed by atoms with Crippen LogP contribution in [0.2, 0.25) is 0 Å². The fourth-order valence-corrected chi connectivity index (χ4v) is 4.31. The third-order valence-electron chi connectivity index (χ3n) is 5.45. The topological polar surface area (TPSA) is 186 Å². The molecule has 5 rings (SSSR count). The highest BCUT2D eigenvalue weighted by Gasteiger charge is 2.45. The molecule has 2 amide bonds. The molecular formula is C20H20N6O6S. The van der Waals surface area contributed by atoms with Crippen LogP contribution in [0.3, 0.4) is 0 Å². The van der Waals surface area contributed by atoms with Crippen molar-refractivity contribution in [1.29, 1.82) is 0 Å². The molecule has 1 aliphatic heterocycles. The molecule has 0 spiro atoms. The normalized spacial score (nSPS) is 25.4. The number of hydrogen-bond donors (Lipinski definition) is 7. The Morgan fingerprint density at radius 3 is 2.73 bits per heavy atom. The second kappa shape index (κ2) is 8.62. The first-order valence-electron chi connectivity index (χ1n) is 10.0. The number of anilines is 2. The van der Waals surface area contributed by atoms with Crippen molar-refractivity contribution >= 4 is 51.2 Å². The van der Waals surface area contributed by atoms with Crippen molar-refractivity contribution in [3.63, 3.8) is 0 Å². The maximum absolute atomic E-state index is 12.5. The lowest BCUT2D eigenvalue weighted by Gasteiger charge is -2.39. The minimum atomic E-state index is -1.51. The molecule has 33 heavy (non-hydrogen) atoms. The van der Waals surface area contributed by atoms with E-state index in [0.29, 0.717) is 33.4 Å². The van der Waals surface area contributed by atoms with Gasteiger partial charge in [-0.2, -0.15) is 8.75 Å². The fourth-order valence-electron chi connectivity index (χ4n) is 3.76. The summed E-state index contributed by atoms with van der Waals surface area (Å²) in [6, 6.07) is 9.82. The number of nitrogens with one attached hydrogen (secondary N) is 3. The molecule has 13 heteroatoms. The molecule has 0 radical (unpaired) electrons. The zero-order chi connectivity index (χ0) is 23.1. The van der Waals surface area contributed by atoms with E-state index < -0.39 is 43.2 Å². The first-order chi connectivity index (χ1) is 15.9. The summed E-state index contributed by atoms with van der Waals surface area (Å²) in [5.74, 6) is 0.214. The van der Waals surface area contributed by atoms with Gasteiger partial charge in [-0.15, -0.1) is 0 Å². The third-order valence-corrected chi connectivity index (χ3v) is 6.00. The number of carbonyl (C=O) groups is 1. The van der Waals surface area contributed by atoms with Gasteiger partial charge in [0.15, 0.2) is 0 Å². The van der Waals surface area contributed by atoms with Gasteiger partial charge in [0.2, 0.25) is 0 Å². The maximum atomic E-state index is 12.5. The molecule has 12 nitrogen and oxygen atoms in total. The van der Waals surface area contributed by atoms with Gasteiger partial charge in [-0.05, 0) is 30.3 Å². The van der Waals surface area contributed by atoms with Crippen LogP contribution in [0.5, 0.6) is 0 Å². The van der Waals surface area contributed by atoms with E-state index in [1.54, 1.807) is 36.4 Å². The molecule has 0 saturated carbocycles. The molecule has 1 aliphatic rings. The molecule has 2 aromatic heterocycles. The summed E-state index contributed by atoms with van der Waals surface area (Å²) in [7, 11) is 0. The Hall–Kier alpha value is -3.20. The van der Waals surface area contributed by atoms with Gasteiger partial charge in [-0.25, -0.2) is 9.78 Å². The van der Waals surface area contributed by atoms with Gasteiger partial charge >= 0.3 is 6.03 Å². The zero-order valence-electron chi connectivity index (χ0n) is 16.9. The minimum Gasteiger partial charge on any atom is -0.394 e. The van der Waals surface area contributed by atoms with Crippen LogP contribution in [0.4, 0.5) is 16.2 Å². The molecule has 2 aromatic carbocycles. The van der Waals surface area contributed by atoms with Crippen LogP contribution in [-0.4, -0.2) is 76.2 Å². The second-order valence-electron chi connectivity index (χ2n) is 7.62. The van der Waals surface area contributed by atoms with Crippen LogP contribution in [-0.2, 0) is 4.74 Å². The Balaban J connectivity index is 1.34. The Bertz CT molecular complexity index is 1310. The smallest absolute Gasteiger partial charge is 0.323 e. The SMILES string of the molecule is O=C(Nc1ccc2nc([C@@H]3O[C@H](CO)[C@@H](O)[C@H](O)[C@H]3O)[nH]c2c1)Nc1cccc2nsnc12. The number of ether oxygens (including phenoxy) is 1. The molecule has 4 aromatic rings. The molecule has 172 valence electrons. The highest BCUT2D eigenvalue weighted by Crippen LogP contribution is 2.32. The molecule has 7 N–H and O–H groups in total. The van der Waals surface area contributed by atoms with Crippen LogP contribution >= 0.6 is 11.7 Å². The van der Waals surface area contributed by atoms with Crippen LogP contribution in [0, 0.1) is 0 Å². The molecular weight excluding hydrogens is 452 g/mol. The number of benzene rings is 2. The molecule has 0 unspecified atom stereocenters. The number of carbonyl (C=O) groups excluding carboxylic acids is 1. The Labute approximate surface area is 190 Å². The van der Waals surface area contributed by atoms with Gasteiger partial charge in [0.25, 0.3) is 0 Å². The minimum absolute atomic E-state index is 0.214. The Kier molecular flexibility index (Phi) is 5.65. The van der Waals surface area contributed by atoms with Gasteiger partial charge in [0, 0.05) is 5.69 Å². The summed E-state index contributed by atoms with van der Waals surface area (Å²) in [6.45, 7) is -0.532. The number of rotatable bonds is 4. The van der Waals surface area contributed by atoms with Gasteiger partial charge in [0.05, 0.1) is 35.1 Å². The lowest BCUT2D eigenvalue weighted by atomic mass is 9.95. The molecule has 0 aliphatic carbocycles. The maximum Gasteiger partial charge on any atom is 0.323 e. The highest BCUT2D eigenvalue weighted by molar-refractivity contribution is 7.00. The van der Waals surface area contributed by atoms with Crippen molar-refractivity contribution in [2.45, 2.75) is 30.5 Å². The molecule has 0 bridgehead atoms. The van der Waals surface area contributed by atoms with E-state index in [2.05, 4.69) is 29.3 Å². The lowest BCUT2D eigenvalue weighted by Crippen LogP contribution is -2.55. The highest BCUT2D eigenvalue weighted by atomic mass is 32.1. The van der Waals surface area contributed by atoms with Crippen molar-refractivity contribution < 1.29 is 30.0 Å². The van der Waals surface area contributed by atoms with Crippen molar-refractivity contribution in [3.8, 4) is 0 Å². The van der Waals surface area contributed by atoms with E-state index in [1.165, 1.54) is 0 Å². The summed E-state index contributed by atoms with van der Waals surface area (Å²) in [5.41, 5.74) is 3.39. The lowest BCUT2D eigenvalue weighted by molar-refractivity contribution is -0.233. The number of aromatic nitrogens is 4. The largest absolute Gasteiger partial charge is 0.394 e. The Morgan fingerprint density at radius 1 is 1.06 bits per heavy atom. The zero-order valence-corrected chi connectivity index (χ0v) is 17.7. The first kappa shape index (κ1) is 21.6. The Morgan fingerprint density at radius 2 is 1.91 bits per heavy atom. The van der Waals surface area contributed by atoms with E-state index in [9.17, 15) is 25.2 Å². The van der Waals surface area contributed by atoms with Gasteiger partial charge in [0.1, 0.15) is 47.4 Å².